The lowest BCUT2D eigenvalue weighted by molar-refractivity contribution is -0.384. The number of oxazole rings is 1. The Morgan fingerprint density at radius 1 is 1.50 bits per heavy atom. The predicted octanol–water partition coefficient (Wildman–Crippen LogP) is 3.00. The molecule has 1 aromatic heterocycles. The Morgan fingerprint density at radius 2 is 2.40 bits per heavy atom. The number of hydrogen-bond donors (Lipinski definition) is 1. The van der Waals surface area contributed by atoms with Crippen molar-refractivity contribution in [3.05, 3.63) is 28.3 Å². The molecule has 1 aliphatic heterocycles. The molecular weight excluding hydrogens is 298 g/mol. The van der Waals surface area contributed by atoms with Gasteiger partial charge in [0, 0.05) is 41.2 Å². The number of nitrogens with one attached hydrogen (secondary N) is 1. The van der Waals surface area contributed by atoms with Crippen molar-refractivity contribution >= 4 is 46.3 Å². The van der Waals surface area contributed by atoms with E-state index in [1.807, 2.05) is 23.5 Å². The van der Waals surface area contributed by atoms with Gasteiger partial charge in [0.05, 0.1) is 4.92 Å². The summed E-state index contributed by atoms with van der Waals surface area (Å²) in [6.45, 7) is 0.798. The van der Waals surface area contributed by atoms with Crippen LogP contribution in [0.2, 0.25) is 0 Å². The number of nitro groups is 1. The van der Waals surface area contributed by atoms with Crippen LogP contribution in [-0.4, -0.2) is 39.0 Å². The zero-order valence-corrected chi connectivity index (χ0v) is 12.2. The quantitative estimate of drug-likeness (QED) is 0.686. The Morgan fingerprint density at radius 3 is 3.15 bits per heavy atom. The van der Waals surface area contributed by atoms with Crippen LogP contribution in [0.15, 0.2) is 22.6 Å². The third-order valence-electron chi connectivity index (χ3n) is 2.95. The first-order valence-corrected chi connectivity index (χ1v) is 8.41. The van der Waals surface area contributed by atoms with E-state index in [0.717, 1.165) is 12.3 Å². The summed E-state index contributed by atoms with van der Waals surface area (Å²) in [6.07, 6.45) is 0. The Labute approximate surface area is 123 Å². The highest BCUT2D eigenvalue weighted by molar-refractivity contribution is 8.06. The minimum absolute atomic E-state index is 0.0246. The van der Waals surface area contributed by atoms with Crippen LogP contribution in [-0.2, 0) is 0 Å². The number of thioether (sulfide) groups is 2. The van der Waals surface area contributed by atoms with E-state index in [1.165, 1.54) is 23.6 Å². The zero-order valence-electron chi connectivity index (χ0n) is 10.6. The molecule has 1 unspecified atom stereocenters. The smallest absolute Gasteiger partial charge is 0.295 e. The number of non-ortho nitro benzene ring substituents is 1. The van der Waals surface area contributed by atoms with Crippen LogP contribution in [0.1, 0.15) is 0 Å². The number of benzene rings is 1. The molecule has 1 atom stereocenters. The van der Waals surface area contributed by atoms with Crippen molar-refractivity contribution in [2.75, 3.05) is 29.1 Å². The van der Waals surface area contributed by atoms with Gasteiger partial charge in [0.1, 0.15) is 5.52 Å². The number of rotatable bonds is 4. The summed E-state index contributed by atoms with van der Waals surface area (Å²) in [6, 6.07) is 4.86. The second-order valence-electron chi connectivity index (χ2n) is 4.38. The van der Waals surface area contributed by atoms with Crippen LogP contribution in [0.5, 0.6) is 0 Å². The fraction of sp³-hybridized carbons (Fsp3) is 0.417. The van der Waals surface area contributed by atoms with Crippen molar-refractivity contribution in [1.29, 1.82) is 0 Å². The minimum atomic E-state index is -0.433. The lowest BCUT2D eigenvalue weighted by Crippen LogP contribution is -2.23. The van der Waals surface area contributed by atoms with E-state index in [2.05, 4.69) is 10.3 Å². The van der Waals surface area contributed by atoms with Crippen molar-refractivity contribution in [2.24, 2.45) is 0 Å². The summed E-state index contributed by atoms with van der Waals surface area (Å²) in [5, 5.41) is 14.4. The van der Waals surface area contributed by atoms with Gasteiger partial charge in [-0.1, -0.05) is 0 Å². The number of nitro benzene ring substituents is 1. The molecule has 1 aliphatic rings. The monoisotopic (exact) mass is 311 g/mol. The average molecular weight is 311 g/mol. The summed E-state index contributed by atoms with van der Waals surface area (Å²) >= 11 is 3.92. The maximum atomic E-state index is 10.7. The Kier molecular flexibility index (Phi) is 4.02. The van der Waals surface area contributed by atoms with E-state index < -0.39 is 4.92 Å². The number of aromatic nitrogens is 1. The number of fused-ring (bicyclic) bond motifs is 1. The maximum absolute atomic E-state index is 10.7. The molecule has 20 heavy (non-hydrogen) atoms. The highest BCUT2D eigenvalue weighted by Gasteiger charge is 2.16. The average Bonchev–Trinajstić information content (AvgIpc) is 2.88. The van der Waals surface area contributed by atoms with Gasteiger partial charge in [0.25, 0.3) is 11.7 Å². The molecule has 2 aromatic rings. The predicted molar refractivity (Wildman–Crippen MR) is 82.7 cm³/mol. The molecule has 0 saturated carbocycles. The van der Waals surface area contributed by atoms with E-state index in [1.54, 1.807) is 6.07 Å². The summed E-state index contributed by atoms with van der Waals surface area (Å²) < 4.78 is 5.53. The molecule has 8 heteroatoms. The summed E-state index contributed by atoms with van der Waals surface area (Å²) in [5.74, 6) is 3.52. The molecule has 1 aromatic carbocycles. The minimum Gasteiger partial charge on any atom is -0.424 e. The van der Waals surface area contributed by atoms with Crippen molar-refractivity contribution < 1.29 is 9.34 Å². The molecule has 1 fully saturated rings. The van der Waals surface area contributed by atoms with Crippen LogP contribution in [0.3, 0.4) is 0 Å². The topological polar surface area (TPSA) is 81.2 Å². The first-order chi connectivity index (χ1) is 9.72. The molecule has 106 valence electrons. The van der Waals surface area contributed by atoms with E-state index in [4.69, 9.17) is 4.42 Å². The highest BCUT2D eigenvalue weighted by atomic mass is 32.2. The molecule has 0 spiro atoms. The Bertz CT molecular complexity index is 625. The molecule has 1 saturated heterocycles. The first kappa shape index (κ1) is 13.6. The molecule has 0 radical (unpaired) electrons. The van der Waals surface area contributed by atoms with Crippen LogP contribution in [0.4, 0.5) is 11.7 Å². The normalized spacial score (nSPS) is 19.1. The summed E-state index contributed by atoms with van der Waals surface area (Å²) in [4.78, 5) is 14.5. The molecule has 0 aliphatic carbocycles. The van der Waals surface area contributed by atoms with Gasteiger partial charge in [-0.3, -0.25) is 10.1 Å². The second-order valence-corrected chi connectivity index (χ2v) is 6.93. The second kappa shape index (κ2) is 5.92. The van der Waals surface area contributed by atoms with Gasteiger partial charge >= 0.3 is 0 Å². The van der Waals surface area contributed by atoms with Gasteiger partial charge in [-0.2, -0.15) is 28.5 Å². The fourth-order valence-electron chi connectivity index (χ4n) is 1.96. The SMILES string of the molecule is O=[N+]([O-])c1ccc2oc(NCC3CSCCS3)nc2c1. The van der Waals surface area contributed by atoms with E-state index >= 15 is 0 Å². The van der Waals surface area contributed by atoms with Gasteiger partial charge in [-0.05, 0) is 6.07 Å². The molecular formula is C12H13N3O3S2. The number of nitrogens with zero attached hydrogens (tertiary/aromatic N) is 2. The van der Waals surface area contributed by atoms with Crippen LogP contribution < -0.4 is 5.32 Å². The lowest BCUT2D eigenvalue weighted by Gasteiger charge is -2.20. The first-order valence-electron chi connectivity index (χ1n) is 6.20. The van der Waals surface area contributed by atoms with Gasteiger partial charge in [-0.25, -0.2) is 0 Å². The van der Waals surface area contributed by atoms with E-state index in [-0.39, 0.29) is 5.69 Å². The largest absolute Gasteiger partial charge is 0.424 e. The molecule has 0 amide bonds. The zero-order chi connectivity index (χ0) is 13.9. The molecule has 6 nitrogen and oxygen atoms in total. The van der Waals surface area contributed by atoms with Gasteiger partial charge in [-0.15, -0.1) is 0 Å². The van der Waals surface area contributed by atoms with Crippen LogP contribution in [0, 0.1) is 10.1 Å². The van der Waals surface area contributed by atoms with E-state index in [0.29, 0.717) is 22.4 Å². The van der Waals surface area contributed by atoms with Crippen molar-refractivity contribution in [2.45, 2.75) is 5.25 Å². The van der Waals surface area contributed by atoms with Crippen LogP contribution >= 0.6 is 23.5 Å². The standard InChI is InChI=1S/C12H13N3O3S2/c16-15(17)8-1-2-11-10(5-8)14-12(18-11)13-6-9-7-19-3-4-20-9/h1-2,5,9H,3-4,6-7H2,(H,13,14). The third kappa shape index (κ3) is 3.01. The molecule has 3 rings (SSSR count). The summed E-state index contributed by atoms with van der Waals surface area (Å²) in [7, 11) is 0. The number of hydrogen-bond acceptors (Lipinski definition) is 7. The third-order valence-corrected chi connectivity index (χ3v) is 5.79. The van der Waals surface area contributed by atoms with E-state index in [9.17, 15) is 10.1 Å². The maximum Gasteiger partial charge on any atom is 0.295 e. The van der Waals surface area contributed by atoms with Gasteiger partial charge < -0.3 is 9.73 Å². The Hall–Kier alpha value is -1.41. The van der Waals surface area contributed by atoms with Crippen molar-refractivity contribution in [1.82, 2.24) is 4.98 Å². The van der Waals surface area contributed by atoms with Crippen molar-refractivity contribution in [3.63, 3.8) is 0 Å². The molecule has 2 heterocycles. The molecule has 1 N–H and O–H groups in total. The lowest BCUT2D eigenvalue weighted by atomic mass is 10.3. The Balaban J connectivity index is 1.70. The van der Waals surface area contributed by atoms with Gasteiger partial charge in [0.15, 0.2) is 5.58 Å². The van der Waals surface area contributed by atoms with Crippen LogP contribution in [0.25, 0.3) is 11.1 Å². The number of anilines is 1. The highest BCUT2D eigenvalue weighted by Crippen LogP contribution is 2.26. The van der Waals surface area contributed by atoms with Gasteiger partial charge in [0.2, 0.25) is 0 Å². The fourth-order valence-corrected chi connectivity index (χ4v) is 4.57. The summed E-state index contributed by atoms with van der Waals surface area (Å²) in [5.41, 5.74) is 1.09. The molecule has 0 bridgehead atoms. The van der Waals surface area contributed by atoms with Crippen molar-refractivity contribution in [3.8, 4) is 0 Å².